The Bertz CT molecular complexity index is 843. The lowest BCUT2D eigenvalue weighted by molar-refractivity contribution is 0.418. The van der Waals surface area contributed by atoms with E-state index in [1.165, 1.54) is 13.4 Å². The monoisotopic (exact) mass is 258 g/mol. The fraction of sp³-hybridized carbons (Fsp3) is 0.0769. The van der Waals surface area contributed by atoms with E-state index in [1.54, 1.807) is 30.3 Å². The quantitative estimate of drug-likeness (QED) is 0.751. The van der Waals surface area contributed by atoms with Gasteiger partial charge in [-0.05, 0) is 18.2 Å². The maximum absolute atomic E-state index is 12.3. The number of H-pyrrole nitrogens is 1. The van der Waals surface area contributed by atoms with E-state index in [4.69, 9.17) is 9.15 Å². The number of aromatic nitrogens is 2. The second kappa shape index (κ2) is 4.16. The number of hydrogen-bond acceptors (Lipinski definition) is 4. The molecule has 0 bridgehead atoms. The molecular formula is C13H10N2O4. The fourth-order valence-corrected chi connectivity index (χ4v) is 1.98. The number of ether oxygens (including phenoxy) is 1. The molecule has 1 N–H and O–H groups in total. The lowest BCUT2D eigenvalue weighted by Gasteiger charge is -2.06. The zero-order valence-corrected chi connectivity index (χ0v) is 10.0. The summed E-state index contributed by atoms with van der Waals surface area (Å²) in [5.74, 6) is 0.620. The van der Waals surface area contributed by atoms with E-state index in [0.717, 1.165) is 4.57 Å². The smallest absolute Gasteiger partial charge is 0.336 e. The summed E-state index contributed by atoms with van der Waals surface area (Å²) in [6, 6.07) is 8.14. The summed E-state index contributed by atoms with van der Waals surface area (Å²) in [5, 5.41) is 0.357. The maximum atomic E-state index is 12.3. The third-order valence-electron chi connectivity index (χ3n) is 2.84. The van der Waals surface area contributed by atoms with Crippen LogP contribution in [-0.4, -0.2) is 16.7 Å². The van der Waals surface area contributed by atoms with Crippen molar-refractivity contribution in [3.05, 3.63) is 57.4 Å². The first-order chi connectivity index (χ1) is 9.22. The van der Waals surface area contributed by atoms with E-state index in [1.807, 2.05) is 0 Å². The SMILES string of the molecule is COc1cccc2c(=O)n(-c3ccco3)c(=O)[nH]c12. The predicted octanol–water partition coefficient (Wildman–Crippen LogP) is 1.28. The van der Waals surface area contributed by atoms with Gasteiger partial charge in [0.1, 0.15) is 5.75 Å². The number of para-hydroxylation sites is 1. The Balaban J connectivity index is 2.46. The highest BCUT2D eigenvalue weighted by molar-refractivity contribution is 5.83. The predicted molar refractivity (Wildman–Crippen MR) is 69.0 cm³/mol. The number of benzene rings is 1. The second-order valence-corrected chi connectivity index (χ2v) is 3.90. The van der Waals surface area contributed by atoms with Crippen molar-refractivity contribution in [2.45, 2.75) is 0 Å². The van der Waals surface area contributed by atoms with E-state index in [2.05, 4.69) is 4.98 Å². The summed E-state index contributed by atoms with van der Waals surface area (Å²) in [6.07, 6.45) is 1.40. The van der Waals surface area contributed by atoms with Gasteiger partial charge in [-0.1, -0.05) is 6.07 Å². The number of aromatic amines is 1. The summed E-state index contributed by atoms with van der Waals surface area (Å²) in [5.41, 5.74) is -0.646. The Hall–Kier alpha value is -2.76. The number of rotatable bonds is 2. The van der Waals surface area contributed by atoms with Gasteiger partial charge in [-0.15, -0.1) is 0 Å². The minimum atomic E-state index is -0.572. The van der Waals surface area contributed by atoms with E-state index in [9.17, 15) is 9.59 Å². The summed E-state index contributed by atoms with van der Waals surface area (Å²) in [4.78, 5) is 27.0. The molecule has 0 unspecified atom stereocenters. The van der Waals surface area contributed by atoms with Gasteiger partial charge < -0.3 is 14.1 Å². The van der Waals surface area contributed by atoms with Gasteiger partial charge in [0.15, 0.2) is 0 Å². The topological polar surface area (TPSA) is 77.2 Å². The highest BCUT2D eigenvalue weighted by atomic mass is 16.5. The van der Waals surface area contributed by atoms with Crippen LogP contribution in [0.15, 0.2) is 50.6 Å². The van der Waals surface area contributed by atoms with Crippen LogP contribution in [-0.2, 0) is 0 Å². The highest BCUT2D eigenvalue weighted by Gasteiger charge is 2.13. The van der Waals surface area contributed by atoms with E-state index in [-0.39, 0.29) is 5.88 Å². The molecule has 0 fully saturated rings. The molecule has 0 aliphatic carbocycles. The summed E-state index contributed by atoms with van der Waals surface area (Å²) in [6.45, 7) is 0. The van der Waals surface area contributed by atoms with Crippen LogP contribution in [0, 0.1) is 0 Å². The van der Waals surface area contributed by atoms with Crippen LogP contribution in [0.25, 0.3) is 16.8 Å². The molecule has 0 atom stereocenters. The summed E-state index contributed by atoms with van der Waals surface area (Å²) >= 11 is 0. The lowest BCUT2D eigenvalue weighted by atomic mass is 10.2. The molecule has 0 aliphatic heterocycles. The third kappa shape index (κ3) is 1.65. The molecule has 6 nitrogen and oxygen atoms in total. The van der Waals surface area contributed by atoms with Gasteiger partial charge in [-0.3, -0.25) is 4.79 Å². The Morgan fingerprint density at radius 1 is 1.21 bits per heavy atom. The van der Waals surface area contributed by atoms with E-state index < -0.39 is 11.2 Å². The molecule has 3 rings (SSSR count). The Morgan fingerprint density at radius 2 is 2.05 bits per heavy atom. The van der Waals surface area contributed by atoms with Gasteiger partial charge in [0.2, 0.25) is 5.88 Å². The molecule has 6 heteroatoms. The molecule has 96 valence electrons. The van der Waals surface area contributed by atoms with Crippen molar-refractivity contribution >= 4 is 10.9 Å². The van der Waals surface area contributed by atoms with Crippen LogP contribution < -0.4 is 16.0 Å². The second-order valence-electron chi connectivity index (χ2n) is 3.90. The van der Waals surface area contributed by atoms with Crippen LogP contribution in [0.2, 0.25) is 0 Å². The van der Waals surface area contributed by atoms with Crippen molar-refractivity contribution in [1.29, 1.82) is 0 Å². The first-order valence-corrected chi connectivity index (χ1v) is 5.58. The van der Waals surface area contributed by atoms with Gasteiger partial charge >= 0.3 is 5.69 Å². The molecule has 0 saturated heterocycles. The molecule has 1 aromatic carbocycles. The van der Waals surface area contributed by atoms with Crippen LogP contribution >= 0.6 is 0 Å². The van der Waals surface area contributed by atoms with Crippen molar-refractivity contribution in [2.75, 3.05) is 7.11 Å². The third-order valence-corrected chi connectivity index (χ3v) is 2.84. The van der Waals surface area contributed by atoms with Gasteiger partial charge in [0.25, 0.3) is 5.56 Å². The summed E-state index contributed by atoms with van der Waals surface area (Å²) < 4.78 is 11.2. The normalized spacial score (nSPS) is 10.8. The van der Waals surface area contributed by atoms with Crippen molar-refractivity contribution in [2.24, 2.45) is 0 Å². The Morgan fingerprint density at radius 3 is 2.74 bits per heavy atom. The number of fused-ring (bicyclic) bond motifs is 1. The largest absolute Gasteiger partial charge is 0.495 e. The van der Waals surface area contributed by atoms with Crippen LogP contribution in [0.4, 0.5) is 0 Å². The molecule has 0 aliphatic rings. The summed E-state index contributed by atoms with van der Waals surface area (Å²) in [7, 11) is 1.48. The van der Waals surface area contributed by atoms with Crippen LogP contribution in [0.5, 0.6) is 5.75 Å². The van der Waals surface area contributed by atoms with Gasteiger partial charge in [-0.2, -0.15) is 4.57 Å². The zero-order chi connectivity index (χ0) is 13.4. The lowest BCUT2D eigenvalue weighted by Crippen LogP contribution is -2.33. The average Bonchev–Trinajstić information content (AvgIpc) is 2.92. The molecule has 0 saturated carbocycles. The maximum Gasteiger partial charge on any atom is 0.336 e. The Kier molecular flexibility index (Phi) is 2.49. The van der Waals surface area contributed by atoms with E-state index >= 15 is 0 Å². The van der Waals surface area contributed by atoms with Crippen molar-refractivity contribution in [1.82, 2.24) is 9.55 Å². The number of hydrogen-bond donors (Lipinski definition) is 1. The molecule has 0 radical (unpaired) electrons. The molecule has 0 amide bonds. The number of nitrogens with one attached hydrogen (secondary N) is 1. The molecule has 3 aromatic rings. The zero-order valence-electron chi connectivity index (χ0n) is 10.0. The standard InChI is InChI=1S/C13H10N2O4/c1-18-9-5-2-4-8-11(9)14-13(17)15(12(8)16)10-6-3-7-19-10/h2-7H,1H3,(H,14,17). The Labute approximate surface area is 106 Å². The van der Waals surface area contributed by atoms with Crippen molar-refractivity contribution in [3.63, 3.8) is 0 Å². The number of nitrogens with zero attached hydrogens (tertiary/aromatic N) is 1. The van der Waals surface area contributed by atoms with Gasteiger partial charge in [0.05, 0.1) is 24.3 Å². The molecule has 0 spiro atoms. The average molecular weight is 258 g/mol. The molecular weight excluding hydrogens is 248 g/mol. The minimum absolute atomic E-state index is 0.177. The van der Waals surface area contributed by atoms with Crippen LogP contribution in [0.3, 0.4) is 0 Å². The molecule has 2 aromatic heterocycles. The first-order valence-electron chi connectivity index (χ1n) is 5.58. The van der Waals surface area contributed by atoms with Gasteiger partial charge in [0, 0.05) is 6.07 Å². The fourth-order valence-electron chi connectivity index (χ4n) is 1.98. The highest BCUT2D eigenvalue weighted by Crippen LogP contribution is 2.19. The number of furan rings is 1. The molecule has 19 heavy (non-hydrogen) atoms. The minimum Gasteiger partial charge on any atom is -0.495 e. The number of methoxy groups -OCH3 is 1. The van der Waals surface area contributed by atoms with Crippen molar-refractivity contribution < 1.29 is 9.15 Å². The first kappa shape index (κ1) is 11.3. The van der Waals surface area contributed by atoms with Crippen molar-refractivity contribution in [3.8, 4) is 11.6 Å². The van der Waals surface area contributed by atoms with Gasteiger partial charge in [-0.25, -0.2) is 4.79 Å². The van der Waals surface area contributed by atoms with Crippen LogP contribution in [0.1, 0.15) is 0 Å². The molecule has 2 heterocycles. The van der Waals surface area contributed by atoms with E-state index in [0.29, 0.717) is 16.7 Å².